The molecule has 0 aromatic rings. The summed E-state index contributed by atoms with van der Waals surface area (Å²) < 4.78 is 4.89. The summed E-state index contributed by atoms with van der Waals surface area (Å²) in [6, 6.07) is 0. The van der Waals surface area contributed by atoms with Crippen LogP contribution in [0.25, 0.3) is 0 Å². The first-order chi connectivity index (χ1) is 12.1. The molecule has 0 bridgehead atoms. The van der Waals surface area contributed by atoms with Crippen LogP contribution in [-0.2, 0) is 9.53 Å². The zero-order valence-corrected chi connectivity index (χ0v) is 16.0. The minimum Gasteiger partial charge on any atom is -0.466 e. The maximum absolute atomic E-state index is 11.2. The standard InChI is InChI=1S/C20H35NO4/c1-3-5-6-13-16-19(21(23)24)17-14-11-9-7-8-10-12-15-18-20(22)25-4-2/h11,14,16H,3-10,12-13,15,17-18H2,1-2H3/b14-11-,19-16-. The number of unbranched alkanes of at least 4 members (excludes halogenated alkanes) is 8. The Bertz CT molecular complexity index is 416. The van der Waals surface area contributed by atoms with Crippen LogP contribution in [0, 0.1) is 10.1 Å². The Kier molecular flexibility index (Phi) is 16.0. The monoisotopic (exact) mass is 353 g/mol. The lowest BCUT2D eigenvalue weighted by Crippen LogP contribution is -2.03. The summed E-state index contributed by atoms with van der Waals surface area (Å²) in [5.41, 5.74) is 0.311. The van der Waals surface area contributed by atoms with Crippen molar-refractivity contribution in [2.45, 2.75) is 90.9 Å². The van der Waals surface area contributed by atoms with E-state index in [1.165, 1.54) is 0 Å². The van der Waals surface area contributed by atoms with Crippen LogP contribution in [0.3, 0.4) is 0 Å². The van der Waals surface area contributed by atoms with E-state index >= 15 is 0 Å². The molecule has 0 spiro atoms. The average molecular weight is 354 g/mol. The molecule has 0 radical (unpaired) electrons. The Morgan fingerprint density at radius 2 is 1.64 bits per heavy atom. The number of carbonyl (C=O) groups excluding carboxylic acids is 1. The normalized spacial score (nSPS) is 11.8. The fourth-order valence-electron chi connectivity index (χ4n) is 2.51. The van der Waals surface area contributed by atoms with E-state index in [1.807, 2.05) is 19.1 Å². The lowest BCUT2D eigenvalue weighted by molar-refractivity contribution is -0.427. The topological polar surface area (TPSA) is 69.4 Å². The molecule has 0 N–H and O–H groups in total. The largest absolute Gasteiger partial charge is 0.466 e. The molecule has 0 saturated carbocycles. The van der Waals surface area contributed by atoms with Gasteiger partial charge in [0.2, 0.25) is 5.70 Å². The van der Waals surface area contributed by atoms with Crippen molar-refractivity contribution in [2.24, 2.45) is 0 Å². The van der Waals surface area contributed by atoms with Crippen LogP contribution in [0.1, 0.15) is 90.9 Å². The number of ether oxygens (including phenoxy) is 1. The van der Waals surface area contributed by atoms with Crippen molar-refractivity contribution in [3.63, 3.8) is 0 Å². The molecule has 5 heteroatoms. The molecule has 0 saturated heterocycles. The molecule has 0 amide bonds. The summed E-state index contributed by atoms with van der Waals surface area (Å²) in [4.78, 5) is 21.9. The third kappa shape index (κ3) is 15.6. The molecule has 0 aliphatic heterocycles. The van der Waals surface area contributed by atoms with Crippen molar-refractivity contribution >= 4 is 5.97 Å². The molecular formula is C20H35NO4. The highest BCUT2D eigenvalue weighted by Gasteiger charge is 2.06. The van der Waals surface area contributed by atoms with Crippen molar-refractivity contribution < 1.29 is 14.5 Å². The summed E-state index contributed by atoms with van der Waals surface area (Å²) in [6.45, 7) is 4.40. The van der Waals surface area contributed by atoms with Crippen LogP contribution in [-0.4, -0.2) is 17.5 Å². The van der Waals surface area contributed by atoms with E-state index in [-0.39, 0.29) is 10.9 Å². The smallest absolute Gasteiger partial charge is 0.305 e. The number of nitrogens with zero attached hydrogens (tertiary/aromatic N) is 1. The maximum Gasteiger partial charge on any atom is 0.305 e. The number of esters is 1. The van der Waals surface area contributed by atoms with Crippen LogP contribution in [0.2, 0.25) is 0 Å². The molecule has 5 nitrogen and oxygen atoms in total. The first-order valence-corrected chi connectivity index (χ1v) is 9.75. The van der Waals surface area contributed by atoms with E-state index in [2.05, 4.69) is 6.92 Å². The Labute approximate surface area is 152 Å². The predicted molar refractivity (Wildman–Crippen MR) is 102 cm³/mol. The Morgan fingerprint density at radius 3 is 2.32 bits per heavy atom. The summed E-state index contributed by atoms with van der Waals surface area (Å²) in [7, 11) is 0. The minimum absolute atomic E-state index is 0.102. The first-order valence-electron chi connectivity index (χ1n) is 9.75. The second-order valence-electron chi connectivity index (χ2n) is 6.24. The van der Waals surface area contributed by atoms with Crippen LogP contribution < -0.4 is 0 Å². The van der Waals surface area contributed by atoms with E-state index in [0.717, 1.165) is 64.2 Å². The zero-order valence-electron chi connectivity index (χ0n) is 16.0. The van der Waals surface area contributed by atoms with Crippen LogP contribution in [0.4, 0.5) is 0 Å². The molecule has 0 aromatic heterocycles. The molecular weight excluding hydrogens is 318 g/mol. The van der Waals surface area contributed by atoms with Crippen LogP contribution in [0.15, 0.2) is 23.9 Å². The van der Waals surface area contributed by atoms with Crippen molar-refractivity contribution in [1.82, 2.24) is 0 Å². The van der Waals surface area contributed by atoms with E-state index < -0.39 is 0 Å². The Morgan fingerprint density at radius 1 is 0.960 bits per heavy atom. The van der Waals surface area contributed by atoms with Crippen molar-refractivity contribution in [2.75, 3.05) is 6.61 Å². The molecule has 0 aromatic carbocycles. The van der Waals surface area contributed by atoms with Crippen molar-refractivity contribution in [1.29, 1.82) is 0 Å². The molecule has 0 atom stereocenters. The number of hydrogen-bond acceptors (Lipinski definition) is 4. The molecule has 0 rings (SSSR count). The van der Waals surface area contributed by atoms with Crippen LogP contribution in [0.5, 0.6) is 0 Å². The summed E-state index contributed by atoms with van der Waals surface area (Å²) in [6.07, 6.45) is 17.0. The van der Waals surface area contributed by atoms with Gasteiger partial charge in [0.05, 0.1) is 18.0 Å². The van der Waals surface area contributed by atoms with Gasteiger partial charge in [-0.15, -0.1) is 0 Å². The summed E-state index contributed by atoms with van der Waals surface area (Å²) in [5.74, 6) is -0.102. The van der Waals surface area contributed by atoms with Gasteiger partial charge in [0, 0.05) is 6.42 Å². The third-order valence-corrected chi connectivity index (χ3v) is 3.97. The molecule has 0 aliphatic rings. The number of allylic oxidation sites excluding steroid dienone is 3. The molecule has 0 unspecified atom stereocenters. The minimum atomic E-state index is -0.264. The van der Waals surface area contributed by atoms with Gasteiger partial charge in [0.1, 0.15) is 0 Å². The van der Waals surface area contributed by atoms with Crippen molar-refractivity contribution in [3.05, 3.63) is 34.0 Å². The van der Waals surface area contributed by atoms with Gasteiger partial charge in [-0.05, 0) is 45.1 Å². The quantitative estimate of drug-likeness (QED) is 0.113. The second-order valence-corrected chi connectivity index (χ2v) is 6.24. The predicted octanol–water partition coefficient (Wildman–Crippen LogP) is 5.97. The lowest BCUT2D eigenvalue weighted by atomic mass is 10.1. The number of rotatable bonds is 16. The van der Waals surface area contributed by atoms with E-state index in [1.54, 1.807) is 6.08 Å². The van der Waals surface area contributed by atoms with Gasteiger partial charge in [-0.25, -0.2) is 0 Å². The molecule has 25 heavy (non-hydrogen) atoms. The maximum atomic E-state index is 11.2. The van der Waals surface area contributed by atoms with Gasteiger partial charge in [-0.2, -0.15) is 0 Å². The van der Waals surface area contributed by atoms with Gasteiger partial charge < -0.3 is 4.74 Å². The number of carbonyl (C=O) groups is 1. The van der Waals surface area contributed by atoms with Crippen molar-refractivity contribution in [3.8, 4) is 0 Å². The van der Waals surface area contributed by atoms with Gasteiger partial charge in [0.25, 0.3) is 0 Å². The second kappa shape index (κ2) is 17.2. The SMILES string of the molecule is CCCCC/C=C(/C/C=C\CCCCCCCC(=O)OCC)[N+](=O)[O-]. The average Bonchev–Trinajstić information content (AvgIpc) is 2.58. The highest BCUT2D eigenvalue weighted by atomic mass is 16.6. The summed E-state index contributed by atoms with van der Waals surface area (Å²) in [5, 5.41) is 11.0. The van der Waals surface area contributed by atoms with Gasteiger partial charge in [-0.1, -0.05) is 51.2 Å². The van der Waals surface area contributed by atoms with E-state index in [4.69, 9.17) is 4.74 Å². The Hall–Kier alpha value is -1.65. The molecule has 0 heterocycles. The fraction of sp³-hybridized carbons (Fsp3) is 0.750. The molecule has 144 valence electrons. The van der Waals surface area contributed by atoms with E-state index in [0.29, 0.717) is 25.1 Å². The number of hydrogen-bond donors (Lipinski definition) is 0. The van der Waals surface area contributed by atoms with E-state index in [9.17, 15) is 14.9 Å². The zero-order chi connectivity index (χ0) is 18.8. The first kappa shape index (κ1) is 23.4. The highest BCUT2D eigenvalue weighted by Crippen LogP contribution is 2.11. The third-order valence-electron chi connectivity index (χ3n) is 3.97. The van der Waals surface area contributed by atoms with Gasteiger partial charge >= 0.3 is 5.97 Å². The number of nitro groups is 1. The van der Waals surface area contributed by atoms with Crippen LogP contribution >= 0.6 is 0 Å². The lowest BCUT2D eigenvalue weighted by Gasteiger charge is -2.01. The molecule has 0 fully saturated rings. The molecule has 0 aliphatic carbocycles. The highest BCUT2D eigenvalue weighted by molar-refractivity contribution is 5.69. The van der Waals surface area contributed by atoms with Gasteiger partial charge in [-0.3, -0.25) is 14.9 Å². The fourth-order valence-corrected chi connectivity index (χ4v) is 2.51. The van der Waals surface area contributed by atoms with Gasteiger partial charge in [0.15, 0.2) is 0 Å². The summed E-state index contributed by atoms with van der Waals surface area (Å²) >= 11 is 0. The Balaban J connectivity index is 3.69.